The lowest BCUT2D eigenvalue weighted by Crippen LogP contribution is -2.24. The van der Waals surface area contributed by atoms with Crippen molar-refractivity contribution in [3.05, 3.63) is 29.3 Å². The summed E-state index contributed by atoms with van der Waals surface area (Å²) >= 11 is 0. The molecule has 1 aromatic carbocycles. The predicted octanol–water partition coefficient (Wildman–Crippen LogP) is 3.13. The number of rotatable bonds is 4. The second kappa shape index (κ2) is 6.14. The Morgan fingerprint density at radius 1 is 1.40 bits per heavy atom. The van der Waals surface area contributed by atoms with Crippen molar-refractivity contribution in [2.75, 3.05) is 18.4 Å². The quantitative estimate of drug-likeness (QED) is 0.892. The molecule has 3 nitrogen and oxygen atoms in total. The van der Waals surface area contributed by atoms with Crippen molar-refractivity contribution in [3.8, 4) is 6.07 Å². The van der Waals surface area contributed by atoms with Crippen LogP contribution >= 0.6 is 0 Å². The Hall–Kier alpha value is -1.74. The molecule has 0 spiro atoms. The summed E-state index contributed by atoms with van der Waals surface area (Å²) in [4.78, 5) is 0. The van der Waals surface area contributed by atoms with Crippen molar-refractivity contribution >= 4 is 5.69 Å². The Kier molecular flexibility index (Phi) is 4.50. The SMILES string of the molecule is N#Cc1ccc(NCCC2CCCN2)cc1C(F)(F)F. The maximum absolute atomic E-state index is 12.8. The van der Waals surface area contributed by atoms with E-state index in [2.05, 4.69) is 10.6 Å². The summed E-state index contributed by atoms with van der Waals surface area (Å²) in [6.45, 7) is 1.63. The first kappa shape index (κ1) is 14.7. The molecule has 1 aliphatic heterocycles. The van der Waals surface area contributed by atoms with E-state index in [4.69, 9.17) is 5.26 Å². The van der Waals surface area contributed by atoms with Gasteiger partial charge in [-0.3, -0.25) is 0 Å². The zero-order valence-electron chi connectivity index (χ0n) is 10.9. The number of nitrogens with zero attached hydrogens (tertiary/aromatic N) is 1. The second-order valence-corrected chi connectivity index (χ2v) is 4.88. The van der Waals surface area contributed by atoms with E-state index in [1.165, 1.54) is 12.1 Å². The first-order valence-electron chi connectivity index (χ1n) is 6.59. The fourth-order valence-corrected chi connectivity index (χ4v) is 2.38. The number of alkyl halides is 3. The van der Waals surface area contributed by atoms with Gasteiger partial charge in [-0.05, 0) is 44.0 Å². The molecule has 1 saturated heterocycles. The lowest BCUT2D eigenvalue weighted by molar-refractivity contribution is -0.137. The highest BCUT2D eigenvalue weighted by molar-refractivity contribution is 5.53. The molecule has 6 heteroatoms. The van der Waals surface area contributed by atoms with Crippen LogP contribution in [0.4, 0.5) is 18.9 Å². The van der Waals surface area contributed by atoms with E-state index in [0.717, 1.165) is 31.9 Å². The van der Waals surface area contributed by atoms with Crippen LogP contribution in [-0.4, -0.2) is 19.1 Å². The minimum Gasteiger partial charge on any atom is -0.385 e. The number of nitrogens with one attached hydrogen (secondary N) is 2. The van der Waals surface area contributed by atoms with Crippen LogP contribution in [0.25, 0.3) is 0 Å². The molecule has 108 valence electrons. The smallest absolute Gasteiger partial charge is 0.385 e. The maximum Gasteiger partial charge on any atom is 0.417 e. The molecule has 1 aliphatic rings. The van der Waals surface area contributed by atoms with Gasteiger partial charge in [0.25, 0.3) is 0 Å². The predicted molar refractivity (Wildman–Crippen MR) is 70.3 cm³/mol. The van der Waals surface area contributed by atoms with Crippen LogP contribution in [0.15, 0.2) is 18.2 Å². The lowest BCUT2D eigenvalue weighted by Gasteiger charge is -2.14. The zero-order valence-corrected chi connectivity index (χ0v) is 10.9. The summed E-state index contributed by atoms with van der Waals surface area (Å²) in [5.74, 6) is 0. The largest absolute Gasteiger partial charge is 0.417 e. The topological polar surface area (TPSA) is 47.9 Å². The molecule has 0 amide bonds. The molecule has 0 bridgehead atoms. The Bertz CT molecular complexity index is 499. The third-order valence-corrected chi connectivity index (χ3v) is 3.43. The van der Waals surface area contributed by atoms with Crippen LogP contribution in [0.2, 0.25) is 0 Å². The minimum absolute atomic E-state index is 0.347. The van der Waals surface area contributed by atoms with E-state index in [0.29, 0.717) is 18.3 Å². The molecule has 1 fully saturated rings. The van der Waals surface area contributed by atoms with Gasteiger partial charge in [0.05, 0.1) is 17.2 Å². The molecule has 2 N–H and O–H groups in total. The van der Waals surface area contributed by atoms with Gasteiger partial charge < -0.3 is 10.6 Å². The Balaban J connectivity index is 2.00. The van der Waals surface area contributed by atoms with E-state index in [1.54, 1.807) is 6.07 Å². The molecule has 0 radical (unpaired) electrons. The highest BCUT2D eigenvalue weighted by Crippen LogP contribution is 2.33. The summed E-state index contributed by atoms with van der Waals surface area (Å²) in [5, 5.41) is 15.0. The van der Waals surface area contributed by atoms with Crippen molar-refractivity contribution < 1.29 is 13.2 Å². The number of anilines is 1. The van der Waals surface area contributed by atoms with Crippen LogP contribution < -0.4 is 10.6 Å². The number of nitriles is 1. The van der Waals surface area contributed by atoms with Crippen molar-refractivity contribution in [2.45, 2.75) is 31.5 Å². The number of halogens is 3. The van der Waals surface area contributed by atoms with E-state index >= 15 is 0 Å². The Labute approximate surface area is 115 Å². The Morgan fingerprint density at radius 2 is 2.20 bits per heavy atom. The molecular formula is C14H16F3N3. The zero-order chi connectivity index (χ0) is 14.6. The molecular weight excluding hydrogens is 267 g/mol. The van der Waals surface area contributed by atoms with Crippen molar-refractivity contribution in [1.82, 2.24) is 5.32 Å². The number of hydrogen-bond donors (Lipinski definition) is 2. The molecule has 1 aromatic rings. The first-order chi connectivity index (χ1) is 9.50. The fraction of sp³-hybridized carbons (Fsp3) is 0.500. The van der Waals surface area contributed by atoms with E-state index in [1.807, 2.05) is 0 Å². The van der Waals surface area contributed by atoms with Gasteiger partial charge >= 0.3 is 6.18 Å². The van der Waals surface area contributed by atoms with Crippen LogP contribution in [0.3, 0.4) is 0 Å². The highest BCUT2D eigenvalue weighted by Gasteiger charge is 2.33. The summed E-state index contributed by atoms with van der Waals surface area (Å²) in [6.07, 6.45) is -1.36. The molecule has 1 unspecified atom stereocenters. The standard InChI is InChI=1S/C14H16F3N3/c15-14(16,17)13-8-12(4-3-10(13)9-18)20-7-5-11-2-1-6-19-11/h3-4,8,11,19-20H,1-2,5-7H2. The van der Waals surface area contributed by atoms with Gasteiger partial charge in [0, 0.05) is 18.3 Å². The van der Waals surface area contributed by atoms with Gasteiger partial charge in [0.1, 0.15) is 0 Å². The first-order valence-corrected chi connectivity index (χ1v) is 6.59. The van der Waals surface area contributed by atoms with Crippen molar-refractivity contribution in [2.24, 2.45) is 0 Å². The van der Waals surface area contributed by atoms with Gasteiger partial charge in [-0.15, -0.1) is 0 Å². The average Bonchev–Trinajstić information content (AvgIpc) is 2.91. The van der Waals surface area contributed by atoms with Crippen LogP contribution in [0.1, 0.15) is 30.4 Å². The molecule has 0 saturated carbocycles. The second-order valence-electron chi connectivity index (χ2n) is 4.88. The number of benzene rings is 1. The third kappa shape index (κ3) is 3.64. The van der Waals surface area contributed by atoms with Gasteiger partial charge in [-0.1, -0.05) is 0 Å². The highest BCUT2D eigenvalue weighted by atomic mass is 19.4. The van der Waals surface area contributed by atoms with E-state index in [9.17, 15) is 13.2 Å². The van der Waals surface area contributed by atoms with E-state index in [-0.39, 0.29) is 5.56 Å². The van der Waals surface area contributed by atoms with Crippen LogP contribution in [-0.2, 0) is 6.18 Å². The van der Waals surface area contributed by atoms with Gasteiger partial charge in [0.15, 0.2) is 0 Å². The monoisotopic (exact) mass is 283 g/mol. The van der Waals surface area contributed by atoms with Gasteiger partial charge in [0.2, 0.25) is 0 Å². The summed E-state index contributed by atoms with van der Waals surface area (Å²) in [7, 11) is 0. The molecule has 1 atom stereocenters. The van der Waals surface area contributed by atoms with E-state index < -0.39 is 11.7 Å². The molecule has 0 aliphatic carbocycles. The third-order valence-electron chi connectivity index (χ3n) is 3.43. The Morgan fingerprint density at radius 3 is 2.80 bits per heavy atom. The molecule has 20 heavy (non-hydrogen) atoms. The fourth-order valence-electron chi connectivity index (χ4n) is 2.38. The van der Waals surface area contributed by atoms with Gasteiger partial charge in [-0.2, -0.15) is 18.4 Å². The minimum atomic E-state index is -4.50. The summed E-state index contributed by atoms with van der Waals surface area (Å²) in [6, 6.07) is 5.74. The maximum atomic E-state index is 12.8. The molecule has 1 heterocycles. The summed E-state index contributed by atoms with van der Waals surface area (Å²) in [5.41, 5.74) is -0.834. The lowest BCUT2D eigenvalue weighted by atomic mass is 10.1. The van der Waals surface area contributed by atoms with Crippen molar-refractivity contribution in [3.63, 3.8) is 0 Å². The molecule has 2 rings (SSSR count). The summed E-state index contributed by atoms with van der Waals surface area (Å²) < 4.78 is 38.4. The number of hydrogen-bond acceptors (Lipinski definition) is 3. The van der Waals surface area contributed by atoms with Crippen molar-refractivity contribution in [1.29, 1.82) is 5.26 Å². The van der Waals surface area contributed by atoms with Gasteiger partial charge in [-0.25, -0.2) is 0 Å². The van der Waals surface area contributed by atoms with Crippen LogP contribution in [0, 0.1) is 11.3 Å². The molecule has 0 aromatic heterocycles. The van der Waals surface area contributed by atoms with Crippen LogP contribution in [0.5, 0.6) is 0 Å². The normalized spacial score (nSPS) is 18.8. The average molecular weight is 283 g/mol.